The van der Waals surface area contributed by atoms with E-state index < -0.39 is 0 Å². The van der Waals surface area contributed by atoms with Crippen LogP contribution in [0.1, 0.15) is 28.6 Å². The lowest BCUT2D eigenvalue weighted by molar-refractivity contribution is -0.113. The van der Waals surface area contributed by atoms with Crippen molar-refractivity contribution in [2.45, 2.75) is 6.92 Å². The van der Waals surface area contributed by atoms with Crippen molar-refractivity contribution in [1.29, 1.82) is 0 Å². The molecule has 1 aromatic heterocycles. The Morgan fingerprint density at radius 1 is 0.917 bits per heavy atom. The van der Waals surface area contributed by atoms with Crippen molar-refractivity contribution in [3.63, 3.8) is 0 Å². The molecule has 0 saturated heterocycles. The fourth-order valence-electron chi connectivity index (χ4n) is 4.01. The highest BCUT2D eigenvalue weighted by atomic mass is 79.9. The van der Waals surface area contributed by atoms with E-state index in [0.29, 0.717) is 29.3 Å². The minimum atomic E-state index is -0.356. The number of ether oxygens (including phenoxy) is 1. The van der Waals surface area contributed by atoms with E-state index in [2.05, 4.69) is 15.9 Å². The van der Waals surface area contributed by atoms with Crippen LogP contribution in [0.2, 0.25) is 0 Å². The first-order valence-corrected chi connectivity index (χ1v) is 12.3. The zero-order chi connectivity index (χ0) is 25.1. The van der Waals surface area contributed by atoms with Gasteiger partial charge in [-0.05, 0) is 73.2 Å². The zero-order valence-corrected chi connectivity index (χ0v) is 21.1. The number of benzene rings is 3. The van der Waals surface area contributed by atoms with Gasteiger partial charge in [0.1, 0.15) is 11.5 Å². The first-order valence-electron chi connectivity index (χ1n) is 11.5. The maximum atomic E-state index is 13.5. The quantitative estimate of drug-likeness (QED) is 0.190. The highest BCUT2D eigenvalue weighted by Gasteiger charge is 2.30. The lowest BCUT2D eigenvalue weighted by Gasteiger charge is -2.20. The third-order valence-electron chi connectivity index (χ3n) is 5.74. The summed E-state index contributed by atoms with van der Waals surface area (Å²) in [5.41, 5.74) is 4.36. The van der Waals surface area contributed by atoms with Crippen LogP contribution in [0.25, 0.3) is 23.1 Å². The Hall–Kier alpha value is -4.16. The molecule has 5 rings (SSSR count). The molecule has 4 aromatic rings. The molecule has 3 aromatic carbocycles. The molecule has 178 valence electrons. The average molecular weight is 540 g/mol. The second-order valence-corrected chi connectivity index (χ2v) is 9.03. The Balaban J connectivity index is 1.46. The predicted molar refractivity (Wildman–Crippen MR) is 144 cm³/mol. The van der Waals surface area contributed by atoms with Crippen molar-refractivity contribution >= 4 is 45.3 Å². The second-order valence-electron chi connectivity index (χ2n) is 8.11. The summed E-state index contributed by atoms with van der Waals surface area (Å²) in [6.07, 6.45) is 3.64. The Morgan fingerprint density at radius 2 is 1.64 bits per heavy atom. The highest BCUT2D eigenvalue weighted by molar-refractivity contribution is 9.10. The molecule has 6 heteroatoms. The lowest BCUT2D eigenvalue weighted by Crippen LogP contribution is -2.24. The van der Waals surface area contributed by atoms with Crippen molar-refractivity contribution in [3.05, 3.63) is 124 Å². The van der Waals surface area contributed by atoms with Gasteiger partial charge >= 0.3 is 5.97 Å². The van der Waals surface area contributed by atoms with Gasteiger partial charge < -0.3 is 9.15 Å². The van der Waals surface area contributed by atoms with Crippen molar-refractivity contribution in [1.82, 2.24) is 0 Å². The third kappa shape index (κ3) is 4.81. The van der Waals surface area contributed by atoms with Gasteiger partial charge in [0, 0.05) is 21.3 Å². The van der Waals surface area contributed by atoms with Crippen molar-refractivity contribution in [3.8, 4) is 11.3 Å². The van der Waals surface area contributed by atoms with E-state index in [4.69, 9.17) is 9.15 Å². The number of carbonyl (C=O) groups excluding carboxylic acids is 2. The molecule has 0 fully saturated rings. The van der Waals surface area contributed by atoms with Crippen molar-refractivity contribution < 1.29 is 18.7 Å². The fourth-order valence-corrected chi connectivity index (χ4v) is 4.27. The molecule has 1 amide bonds. The largest absolute Gasteiger partial charge is 0.462 e. The number of rotatable bonds is 6. The van der Waals surface area contributed by atoms with Crippen LogP contribution < -0.4 is 4.90 Å². The van der Waals surface area contributed by atoms with Gasteiger partial charge in [0.05, 0.1) is 17.9 Å². The molecule has 5 nitrogen and oxygen atoms in total. The molecular weight excluding hydrogens is 518 g/mol. The van der Waals surface area contributed by atoms with Gasteiger partial charge in [-0.1, -0.05) is 58.4 Å². The van der Waals surface area contributed by atoms with Gasteiger partial charge in [-0.25, -0.2) is 4.79 Å². The van der Waals surface area contributed by atoms with Gasteiger partial charge in [0.25, 0.3) is 5.91 Å². The smallest absolute Gasteiger partial charge is 0.338 e. The summed E-state index contributed by atoms with van der Waals surface area (Å²) in [5.74, 6) is 0.710. The normalized spacial score (nSPS) is 14.3. The van der Waals surface area contributed by atoms with Gasteiger partial charge in [-0.15, -0.1) is 0 Å². The second kappa shape index (κ2) is 10.2. The van der Waals surface area contributed by atoms with Gasteiger partial charge in [-0.2, -0.15) is 0 Å². The maximum Gasteiger partial charge on any atom is 0.338 e. The Bertz CT molecular complexity index is 1470. The van der Waals surface area contributed by atoms with Crippen LogP contribution in [0.4, 0.5) is 5.69 Å². The summed E-state index contributed by atoms with van der Waals surface area (Å²) in [6, 6.07) is 28.2. The number of esters is 1. The lowest BCUT2D eigenvalue weighted by atomic mass is 10.1. The number of hydrogen-bond acceptors (Lipinski definition) is 4. The van der Waals surface area contributed by atoms with E-state index in [0.717, 1.165) is 27.0 Å². The van der Waals surface area contributed by atoms with Crippen LogP contribution in [-0.4, -0.2) is 18.5 Å². The van der Waals surface area contributed by atoms with E-state index in [1.807, 2.05) is 84.9 Å². The molecular formula is C30H22BrNO4. The number of anilines is 1. The monoisotopic (exact) mass is 539 g/mol. The van der Waals surface area contributed by atoms with E-state index in [9.17, 15) is 9.59 Å². The molecule has 36 heavy (non-hydrogen) atoms. The first kappa shape index (κ1) is 23.6. The molecule has 1 aliphatic rings. The Kier molecular flexibility index (Phi) is 6.69. The number of hydrogen-bond donors (Lipinski definition) is 0. The summed E-state index contributed by atoms with van der Waals surface area (Å²) in [7, 11) is 0. The van der Waals surface area contributed by atoms with E-state index in [1.54, 1.807) is 30.0 Å². The molecule has 0 bridgehead atoms. The van der Waals surface area contributed by atoms with E-state index >= 15 is 0 Å². The van der Waals surface area contributed by atoms with Gasteiger partial charge in [0.2, 0.25) is 0 Å². The number of nitrogens with zero attached hydrogens (tertiary/aromatic N) is 1. The van der Waals surface area contributed by atoms with Crippen LogP contribution in [0, 0.1) is 0 Å². The number of carbonyl (C=O) groups is 2. The summed E-state index contributed by atoms with van der Waals surface area (Å²) in [6.45, 7) is 2.10. The Labute approximate surface area is 217 Å². The number of furan rings is 1. The highest BCUT2D eigenvalue weighted by Crippen LogP contribution is 2.36. The van der Waals surface area contributed by atoms with Crippen molar-refractivity contribution in [2.24, 2.45) is 0 Å². The fraction of sp³-hybridized carbons (Fsp3) is 0.0667. The molecule has 1 aliphatic heterocycles. The molecule has 0 atom stereocenters. The molecule has 2 heterocycles. The Morgan fingerprint density at radius 3 is 2.33 bits per heavy atom. The molecule has 0 N–H and O–H groups in total. The minimum absolute atomic E-state index is 0.132. The summed E-state index contributed by atoms with van der Waals surface area (Å²) in [5, 5.41) is 0. The topological polar surface area (TPSA) is 59.8 Å². The molecule has 0 saturated carbocycles. The third-order valence-corrected chi connectivity index (χ3v) is 6.27. The van der Waals surface area contributed by atoms with E-state index in [1.165, 1.54) is 0 Å². The van der Waals surface area contributed by atoms with Crippen LogP contribution in [-0.2, 0) is 9.53 Å². The average Bonchev–Trinajstić information content (AvgIpc) is 3.50. The maximum absolute atomic E-state index is 13.5. The van der Waals surface area contributed by atoms with Crippen LogP contribution in [0.3, 0.4) is 0 Å². The van der Waals surface area contributed by atoms with Crippen LogP contribution in [0.5, 0.6) is 0 Å². The number of amides is 1. The standard InChI is InChI=1S/C30H22BrNO4/c1-2-35-30(34)22-10-8-21(9-11-22)28-17-16-26(36-28)18-23-19-27(20-6-4-3-5-7-20)32(29(23)33)25-14-12-24(31)13-15-25/h3-19H,2H2,1H3. The summed E-state index contributed by atoms with van der Waals surface area (Å²) in [4.78, 5) is 27.1. The predicted octanol–water partition coefficient (Wildman–Crippen LogP) is 7.36. The summed E-state index contributed by atoms with van der Waals surface area (Å²) < 4.78 is 12.0. The van der Waals surface area contributed by atoms with Crippen LogP contribution >= 0.6 is 15.9 Å². The molecule has 0 spiro atoms. The zero-order valence-electron chi connectivity index (χ0n) is 19.5. The minimum Gasteiger partial charge on any atom is -0.462 e. The van der Waals surface area contributed by atoms with Crippen molar-refractivity contribution in [2.75, 3.05) is 11.5 Å². The first-order chi connectivity index (χ1) is 17.5. The van der Waals surface area contributed by atoms with E-state index in [-0.39, 0.29) is 11.9 Å². The molecule has 0 radical (unpaired) electrons. The molecule has 0 unspecified atom stereocenters. The summed E-state index contributed by atoms with van der Waals surface area (Å²) >= 11 is 3.46. The van der Waals surface area contributed by atoms with Gasteiger partial charge in [-0.3, -0.25) is 9.69 Å². The van der Waals surface area contributed by atoms with Gasteiger partial charge in [0.15, 0.2) is 0 Å². The SMILES string of the molecule is CCOC(=O)c1ccc(-c2ccc(C=C3C=C(c4ccccc4)N(c4ccc(Br)cc4)C3=O)o2)cc1. The van der Waals surface area contributed by atoms with Crippen LogP contribution in [0.15, 0.2) is 112 Å². The number of halogens is 1. The molecule has 0 aliphatic carbocycles.